The first-order chi connectivity index (χ1) is 17.7. The first kappa shape index (κ1) is 26.4. The number of carboxylic acids is 2. The monoisotopic (exact) mass is 516 g/mol. The van der Waals surface area contributed by atoms with Crippen LogP contribution in [0.1, 0.15) is 60.5 Å². The molecule has 4 heterocycles. The van der Waals surface area contributed by atoms with Crippen LogP contribution in [-0.2, 0) is 22.6 Å². The van der Waals surface area contributed by atoms with Gasteiger partial charge in [0.2, 0.25) is 0 Å². The fourth-order valence-corrected chi connectivity index (χ4v) is 4.98. The second kappa shape index (κ2) is 11.2. The maximum Gasteiger partial charge on any atom is 0.414 e. The maximum atomic E-state index is 13.4. The summed E-state index contributed by atoms with van der Waals surface area (Å²) in [5, 5.41) is 30.0. The standard InChI is InChI=1S/C23H27FN4O3.C2H2O4/c1-14-17(23(30)28-9-2-3-19(29)22(28)25-14)8-12-27-10-6-15(7-11-27)21-18-5-4-16(24)13-20(18)31-26-21;3-1(4)2(5)6/h4-5,13,15,19,29H,2-3,6-12H2,1H3;(H,3,4)(H,5,6)/t19-;/m1./s1. The number of piperidine rings is 1. The van der Waals surface area contributed by atoms with Crippen LogP contribution >= 0.6 is 0 Å². The van der Waals surface area contributed by atoms with Crippen molar-refractivity contribution in [3.05, 3.63) is 57.1 Å². The average Bonchev–Trinajstić information content (AvgIpc) is 3.28. The predicted molar refractivity (Wildman–Crippen MR) is 129 cm³/mol. The van der Waals surface area contributed by atoms with Crippen molar-refractivity contribution >= 4 is 22.9 Å². The Bertz CT molecular complexity index is 1350. The number of aliphatic hydroxyl groups is 1. The lowest BCUT2D eigenvalue weighted by atomic mass is 9.91. The third-order valence-corrected chi connectivity index (χ3v) is 6.95. The molecule has 37 heavy (non-hydrogen) atoms. The van der Waals surface area contributed by atoms with Crippen molar-refractivity contribution in [2.24, 2.45) is 0 Å². The van der Waals surface area contributed by atoms with Gasteiger partial charge in [0.05, 0.1) is 5.69 Å². The van der Waals surface area contributed by atoms with Gasteiger partial charge in [-0.2, -0.15) is 0 Å². The molecule has 1 aromatic carbocycles. The number of carbonyl (C=O) groups is 2. The van der Waals surface area contributed by atoms with Crippen LogP contribution in [-0.4, -0.2) is 66.5 Å². The van der Waals surface area contributed by atoms with E-state index in [1.165, 1.54) is 12.1 Å². The maximum absolute atomic E-state index is 13.4. The smallest absolute Gasteiger partial charge is 0.414 e. The minimum absolute atomic E-state index is 0.00237. The van der Waals surface area contributed by atoms with E-state index in [2.05, 4.69) is 15.0 Å². The first-order valence-corrected chi connectivity index (χ1v) is 12.2. The molecule has 0 spiro atoms. The van der Waals surface area contributed by atoms with E-state index in [0.717, 1.165) is 61.2 Å². The highest BCUT2D eigenvalue weighted by atomic mass is 19.1. The Hall–Kier alpha value is -3.64. The number of hydrogen-bond acceptors (Lipinski definition) is 8. The zero-order chi connectivity index (χ0) is 26.7. The number of rotatable bonds is 4. The third-order valence-electron chi connectivity index (χ3n) is 6.95. The van der Waals surface area contributed by atoms with E-state index in [4.69, 9.17) is 24.3 Å². The van der Waals surface area contributed by atoms with E-state index in [9.17, 15) is 14.3 Å². The van der Waals surface area contributed by atoms with Crippen LogP contribution in [0.15, 0.2) is 27.5 Å². The predicted octanol–water partition coefficient (Wildman–Crippen LogP) is 2.24. The Labute approximate surface area is 211 Å². The number of aromatic nitrogens is 3. The number of likely N-dealkylation sites (tertiary alicyclic amines) is 1. The van der Waals surface area contributed by atoms with Crippen molar-refractivity contribution in [1.82, 2.24) is 19.6 Å². The van der Waals surface area contributed by atoms with Crippen LogP contribution < -0.4 is 5.56 Å². The molecule has 2 aromatic heterocycles. The van der Waals surface area contributed by atoms with Crippen LogP contribution in [0.3, 0.4) is 0 Å². The fourth-order valence-electron chi connectivity index (χ4n) is 4.98. The van der Waals surface area contributed by atoms with Crippen LogP contribution in [0.2, 0.25) is 0 Å². The first-order valence-electron chi connectivity index (χ1n) is 12.2. The summed E-state index contributed by atoms with van der Waals surface area (Å²) in [6.45, 7) is 5.13. The molecule has 0 aliphatic carbocycles. The summed E-state index contributed by atoms with van der Waals surface area (Å²) in [5.74, 6) is -3.16. The minimum atomic E-state index is -1.82. The van der Waals surface area contributed by atoms with E-state index >= 15 is 0 Å². The van der Waals surface area contributed by atoms with Crippen molar-refractivity contribution in [2.75, 3.05) is 19.6 Å². The molecule has 198 valence electrons. The molecule has 5 rings (SSSR count). The molecule has 1 saturated heterocycles. The molecular formula is C25H29FN4O7. The van der Waals surface area contributed by atoms with Crippen molar-refractivity contribution < 1.29 is 33.8 Å². The lowest BCUT2D eigenvalue weighted by Crippen LogP contribution is -2.37. The number of aliphatic hydroxyl groups excluding tert-OH is 1. The quantitative estimate of drug-likeness (QED) is 0.439. The molecule has 0 saturated carbocycles. The van der Waals surface area contributed by atoms with Gasteiger partial charge in [0.15, 0.2) is 5.58 Å². The molecule has 3 N–H and O–H groups in total. The Morgan fingerprint density at radius 2 is 1.84 bits per heavy atom. The summed E-state index contributed by atoms with van der Waals surface area (Å²) in [5.41, 5.74) is 2.90. The van der Waals surface area contributed by atoms with Gasteiger partial charge in [-0.25, -0.2) is 19.0 Å². The van der Waals surface area contributed by atoms with Crippen molar-refractivity contribution in [3.8, 4) is 0 Å². The number of hydrogen-bond donors (Lipinski definition) is 3. The lowest BCUT2D eigenvalue weighted by Gasteiger charge is -2.31. The van der Waals surface area contributed by atoms with E-state index in [1.54, 1.807) is 10.6 Å². The number of nitrogens with zero attached hydrogens (tertiary/aromatic N) is 4. The highest BCUT2D eigenvalue weighted by Crippen LogP contribution is 2.32. The van der Waals surface area contributed by atoms with Crippen molar-refractivity contribution in [3.63, 3.8) is 0 Å². The Balaban J connectivity index is 0.000000480. The third kappa shape index (κ3) is 5.86. The number of fused-ring (bicyclic) bond motifs is 2. The molecule has 2 aliphatic rings. The molecule has 1 atom stereocenters. The van der Waals surface area contributed by atoms with Gasteiger partial charge in [-0.3, -0.25) is 9.36 Å². The molecule has 0 amide bonds. The molecule has 11 nitrogen and oxygen atoms in total. The molecule has 12 heteroatoms. The molecule has 1 fully saturated rings. The normalized spacial score (nSPS) is 18.2. The van der Waals surface area contributed by atoms with Gasteiger partial charge < -0.3 is 24.7 Å². The summed E-state index contributed by atoms with van der Waals surface area (Å²) >= 11 is 0. The van der Waals surface area contributed by atoms with Gasteiger partial charge in [0.1, 0.15) is 17.7 Å². The Kier molecular flexibility index (Phi) is 7.98. The van der Waals surface area contributed by atoms with Crippen molar-refractivity contribution in [2.45, 2.75) is 57.6 Å². The SMILES string of the molecule is Cc1nc2n(c(=O)c1CCN1CCC(c3noc4cc(F)ccc34)CC1)CCC[C@H]2O.O=C(O)C(=O)O. The molecule has 0 unspecified atom stereocenters. The fraction of sp³-hybridized carbons (Fsp3) is 0.480. The molecule has 0 radical (unpaired) electrons. The van der Waals surface area contributed by atoms with E-state index < -0.39 is 18.0 Å². The number of aliphatic carboxylic acids is 2. The summed E-state index contributed by atoms with van der Waals surface area (Å²) in [6.07, 6.45) is 3.38. The Morgan fingerprint density at radius 3 is 2.51 bits per heavy atom. The van der Waals surface area contributed by atoms with Crippen molar-refractivity contribution in [1.29, 1.82) is 0 Å². The van der Waals surface area contributed by atoms with Crippen LogP contribution in [0, 0.1) is 12.7 Å². The van der Waals surface area contributed by atoms with Gasteiger partial charge in [-0.05, 0) is 64.3 Å². The van der Waals surface area contributed by atoms with Gasteiger partial charge >= 0.3 is 11.9 Å². The second-order valence-electron chi connectivity index (χ2n) is 9.33. The van der Waals surface area contributed by atoms with E-state index in [-0.39, 0.29) is 11.4 Å². The summed E-state index contributed by atoms with van der Waals surface area (Å²) < 4.78 is 20.4. The number of halogens is 1. The largest absolute Gasteiger partial charge is 0.473 e. The molecule has 3 aromatic rings. The van der Waals surface area contributed by atoms with E-state index in [1.807, 2.05) is 6.92 Å². The van der Waals surface area contributed by atoms with Gasteiger partial charge in [-0.15, -0.1) is 0 Å². The highest BCUT2D eigenvalue weighted by Gasteiger charge is 2.27. The zero-order valence-corrected chi connectivity index (χ0v) is 20.4. The molecule has 0 bridgehead atoms. The summed E-state index contributed by atoms with van der Waals surface area (Å²) in [6, 6.07) is 4.58. The van der Waals surface area contributed by atoms with Gasteiger partial charge in [-0.1, -0.05) is 5.16 Å². The average molecular weight is 517 g/mol. The number of benzene rings is 1. The lowest BCUT2D eigenvalue weighted by molar-refractivity contribution is -0.159. The van der Waals surface area contributed by atoms with Gasteiger partial charge in [0.25, 0.3) is 5.56 Å². The van der Waals surface area contributed by atoms with Gasteiger partial charge in [0, 0.05) is 41.7 Å². The topological polar surface area (TPSA) is 159 Å². The molecular weight excluding hydrogens is 487 g/mol. The number of carboxylic acid groups (broad SMARTS) is 2. The molecule has 2 aliphatic heterocycles. The second-order valence-corrected chi connectivity index (χ2v) is 9.33. The summed E-state index contributed by atoms with van der Waals surface area (Å²) in [4.78, 5) is 38.1. The van der Waals surface area contributed by atoms with Crippen LogP contribution in [0.4, 0.5) is 4.39 Å². The zero-order valence-electron chi connectivity index (χ0n) is 20.4. The highest BCUT2D eigenvalue weighted by molar-refractivity contribution is 6.27. The number of aryl methyl sites for hydroxylation is 1. The Morgan fingerprint density at radius 1 is 1.14 bits per heavy atom. The van der Waals surface area contributed by atoms with Crippen LogP contribution in [0.5, 0.6) is 0 Å². The van der Waals surface area contributed by atoms with Crippen LogP contribution in [0.25, 0.3) is 11.0 Å². The van der Waals surface area contributed by atoms with E-state index in [0.29, 0.717) is 36.7 Å². The minimum Gasteiger partial charge on any atom is -0.473 e. The summed E-state index contributed by atoms with van der Waals surface area (Å²) in [7, 11) is 0.